The van der Waals surface area contributed by atoms with Crippen LogP contribution in [0.3, 0.4) is 0 Å². The zero-order chi connectivity index (χ0) is 12.8. The minimum Gasteiger partial charge on any atom is -0.381 e. The Morgan fingerprint density at radius 3 is 3.06 bits per heavy atom. The third-order valence-electron chi connectivity index (χ3n) is 4.41. The van der Waals surface area contributed by atoms with E-state index in [1.807, 2.05) is 24.3 Å². The molecule has 3 unspecified atom stereocenters. The minimum atomic E-state index is 0.170. The van der Waals surface area contributed by atoms with E-state index < -0.39 is 0 Å². The first kappa shape index (κ1) is 11.6. The number of benzene rings is 1. The Morgan fingerprint density at radius 1 is 1.44 bits per heavy atom. The number of fused-ring (bicyclic) bond motifs is 1. The van der Waals surface area contributed by atoms with Gasteiger partial charge in [0.1, 0.15) is 0 Å². The molecule has 0 aromatic heterocycles. The Bertz CT molecular complexity index is 503. The van der Waals surface area contributed by atoms with Crippen molar-refractivity contribution >= 4 is 5.69 Å². The predicted octanol–water partition coefficient (Wildman–Crippen LogP) is 2.78. The SMILES string of the molecule is CC1(C)C(Nc2cccc(C#N)c2)C2CCOC21. The van der Waals surface area contributed by atoms with E-state index in [4.69, 9.17) is 10.00 Å². The van der Waals surface area contributed by atoms with Crippen molar-refractivity contribution in [2.24, 2.45) is 11.3 Å². The summed E-state index contributed by atoms with van der Waals surface area (Å²) in [4.78, 5) is 0. The minimum absolute atomic E-state index is 0.170. The molecule has 1 saturated carbocycles. The van der Waals surface area contributed by atoms with Gasteiger partial charge in [-0.2, -0.15) is 5.26 Å². The zero-order valence-corrected chi connectivity index (χ0v) is 10.8. The fourth-order valence-corrected chi connectivity index (χ4v) is 3.48. The van der Waals surface area contributed by atoms with E-state index in [1.54, 1.807) is 0 Å². The topological polar surface area (TPSA) is 45.0 Å². The molecule has 1 N–H and O–H groups in total. The molecule has 3 nitrogen and oxygen atoms in total. The third-order valence-corrected chi connectivity index (χ3v) is 4.41. The van der Waals surface area contributed by atoms with Crippen LogP contribution in [-0.4, -0.2) is 18.8 Å². The molecule has 2 fully saturated rings. The molecule has 1 saturated heterocycles. The van der Waals surface area contributed by atoms with Crippen LogP contribution < -0.4 is 5.32 Å². The number of nitrogens with zero attached hydrogens (tertiary/aromatic N) is 1. The largest absolute Gasteiger partial charge is 0.381 e. The second kappa shape index (κ2) is 4.00. The van der Waals surface area contributed by atoms with Crippen molar-refractivity contribution < 1.29 is 4.74 Å². The number of rotatable bonds is 2. The van der Waals surface area contributed by atoms with Crippen LogP contribution in [0.5, 0.6) is 0 Å². The van der Waals surface area contributed by atoms with Gasteiger partial charge in [0.05, 0.1) is 17.7 Å². The van der Waals surface area contributed by atoms with E-state index in [0.717, 1.165) is 18.7 Å². The van der Waals surface area contributed by atoms with Crippen molar-refractivity contribution in [3.63, 3.8) is 0 Å². The number of nitrogens with one attached hydrogen (secondary N) is 1. The fourth-order valence-electron chi connectivity index (χ4n) is 3.48. The summed E-state index contributed by atoms with van der Waals surface area (Å²) in [6.45, 7) is 5.39. The molecule has 3 heteroatoms. The van der Waals surface area contributed by atoms with E-state index in [9.17, 15) is 0 Å². The summed E-state index contributed by atoms with van der Waals surface area (Å²) >= 11 is 0. The normalized spacial score (nSPS) is 32.2. The molecule has 1 aliphatic carbocycles. The molecule has 0 radical (unpaired) electrons. The summed E-state index contributed by atoms with van der Waals surface area (Å²) in [5.41, 5.74) is 1.91. The smallest absolute Gasteiger partial charge is 0.0992 e. The van der Waals surface area contributed by atoms with Gasteiger partial charge >= 0.3 is 0 Å². The van der Waals surface area contributed by atoms with Crippen LogP contribution in [-0.2, 0) is 4.74 Å². The van der Waals surface area contributed by atoms with Gasteiger partial charge in [-0.1, -0.05) is 19.9 Å². The van der Waals surface area contributed by atoms with E-state index in [0.29, 0.717) is 23.6 Å². The number of hydrogen-bond acceptors (Lipinski definition) is 3. The predicted molar refractivity (Wildman–Crippen MR) is 70.2 cm³/mol. The first-order valence-electron chi connectivity index (χ1n) is 6.51. The van der Waals surface area contributed by atoms with Gasteiger partial charge in [-0.3, -0.25) is 0 Å². The lowest BCUT2D eigenvalue weighted by atomic mass is 9.57. The van der Waals surface area contributed by atoms with Crippen molar-refractivity contribution in [2.45, 2.75) is 32.4 Å². The van der Waals surface area contributed by atoms with Crippen LogP contribution >= 0.6 is 0 Å². The van der Waals surface area contributed by atoms with Crippen molar-refractivity contribution in [1.29, 1.82) is 5.26 Å². The average molecular weight is 242 g/mol. The zero-order valence-electron chi connectivity index (χ0n) is 10.8. The summed E-state index contributed by atoms with van der Waals surface area (Å²) in [5.74, 6) is 0.616. The summed E-state index contributed by atoms with van der Waals surface area (Å²) in [7, 11) is 0. The second-order valence-electron chi connectivity index (χ2n) is 5.88. The molecular formula is C15H18N2O. The van der Waals surface area contributed by atoms with Crippen LogP contribution in [0.15, 0.2) is 24.3 Å². The molecule has 94 valence electrons. The van der Waals surface area contributed by atoms with Gasteiger partial charge in [0.2, 0.25) is 0 Å². The quantitative estimate of drug-likeness (QED) is 0.867. The van der Waals surface area contributed by atoms with Crippen molar-refractivity contribution in [3.05, 3.63) is 29.8 Å². The van der Waals surface area contributed by atoms with Crippen molar-refractivity contribution in [1.82, 2.24) is 0 Å². The third kappa shape index (κ3) is 1.60. The van der Waals surface area contributed by atoms with Crippen LogP contribution in [0.2, 0.25) is 0 Å². The highest BCUT2D eigenvalue weighted by Crippen LogP contribution is 2.53. The summed E-state index contributed by atoms with van der Waals surface area (Å²) in [6.07, 6.45) is 1.54. The van der Waals surface area contributed by atoms with Gasteiger partial charge in [-0.25, -0.2) is 0 Å². The van der Waals surface area contributed by atoms with Gasteiger partial charge in [0, 0.05) is 29.7 Å². The number of ether oxygens (including phenoxy) is 1. The molecular weight excluding hydrogens is 224 g/mol. The van der Waals surface area contributed by atoms with E-state index in [2.05, 4.69) is 25.2 Å². The Kier molecular flexibility index (Phi) is 2.57. The maximum atomic E-state index is 8.92. The highest BCUT2D eigenvalue weighted by molar-refractivity contribution is 5.51. The van der Waals surface area contributed by atoms with Gasteiger partial charge in [0.25, 0.3) is 0 Å². The molecule has 18 heavy (non-hydrogen) atoms. The molecule has 2 aliphatic rings. The van der Waals surface area contributed by atoms with Gasteiger partial charge < -0.3 is 10.1 Å². The van der Waals surface area contributed by atoms with Crippen LogP contribution in [0, 0.1) is 22.7 Å². The average Bonchev–Trinajstić information content (AvgIpc) is 2.83. The highest BCUT2D eigenvalue weighted by Gasteiger charge is 2.59. The van der Waals surface area contributed by atoms with Crippen LogP contribution in [0.4, 0.5) is 5.69 Å². The van der Waals surface area contributed by atoms with E-state index in [-0.39, 0.29) is 5.41 Å². The Hall–Kier alpha value is -1.53. The number of hydrogen-bond donors (Lipinski definition) is 1. The molecule has 1 aromatic rings. The first-order chi connectivity index (χ1) is 8.63. The molecule has 1 heterocycles. The Balaban J connectivity index is 1.78. The maximum Gasteiger partial charge on any atom is 0.0992 e. The highest BCUT2D eigenvalue weighted by atomic mass is 16.5. The Morgan fingerprint density at radius 2 is 2.28 bits per heavy atom. The van der Waals surface area contributed by atoms with Crippen molar-refractivity contribution in [3.8, 4) is 6.07 Å². The lowest BCUT2D eigenvalue weighted by Crippen LogP contribution is -2.63. The van der Waals surface area contributed by atoms with Crippen molar-refractivity contribution in [2.75, 3.05) is 11.9 Å². The monoisotopic (exact) mass is 242 g/mol. The van der Waals surface area contributed by atoms with Gasteiger partial charge in [-0.15, -0.1) is 0 Å². The lowest BCUT2D eigenvalue weighted by molar-refractivity contribution is -0.0923. The van der Waals surface area contributed by atoms with E-state index in [1.165, 1.54) is 0 Å². The fraction of sp³-hybridized carbons (Fsp3) is 0.533. The molecule has 3 atom stereocenters. The molecule has 1 aliphatic heterocycles. The summed E-state index contributed by atoms with van der Waals surface area (Å²) in [6, 6.07) is 10.3. The molecule has 0 spiro atoms. The van der Waals surface area contributed by atoms with E-state index >= 15 is 0 Å². The summed E-state index contributed by atoms with van der Waals surface area (Å²) < 4.78 is 5.79. The lowest BCUT2D eigenvalue weighted by Gasteiger charge is -2.55. The molecule has 1 aromatic carbocycles. The van der Waals surface area contributed by atoms with Gasteiger partial charge in [-0.05, 0) is 24.6 Å². The van der Waals surface area contributed by atoms with Gasteiger partial charge in [0.15, 0.2) is 0 Å². The number of nitriles is 1. The number of anilines is 1. The molecule has 0 bridgehead atoms. The first-order valence-corrected chi connectivity index (χ1v) is 6.51. The van der Waals surface area contributed by atoms with Crippen LogP contribution in [0.25, 0.3) is 0 Å². The molecule has 3 rings (SSSR count). The maximum absolute atomic E-state index is 8.92. The van der Waals surface area contributed by atoms with Crippen LogP contribution in [0.1, 0.15) is 25.8 Å². The molecule has 0 amide bonds. The summed E-state index contributed by atoms with van der Waals surface area (Å²) in [5, 5.41) is 12.5. The Labute approximate surface area is 108 Å². The second-order valence-corrected chi connectivity index (χ2v) is 5.88. The standard InChI is InChI=1S/C15H18N2O/c1-15(2)13(12-6-7-18-14(12)15)17-11-5-3-4-10(8-11)9-16/h3-5,8,12-14,17H,6-7H2,1-2H3.